The van der Waals surface area contributed by atoms with E-state index in [2.05, 4.69) is 13.5 Å². The second-order valence-electron chi connectivity index (χ2n) is 7.69. The Hall–Kier alpha value is -2.37. The van der Waals surface area contributed by atoms with Crippen molar-refractivity contribution in [2.24, 2.45) is 5.92 Å². The molecule has 1 saturated heterocycles. The molecule has 1 N–H and O–H groups in total. The Morgan fingerprint density at radius 1 is 1.30 bits per heavy atom. The lowest BCUT2D eigenvalue weighted by atomic mass is 9.75. The van der Waals surface area contributed by atoms with E-state index >= 15 is 0 Å². The van der Waals surface area contributed by atoms with Crippen LogP contribution in [0, 0.1) is 11.7 Å². The standard InChI is InChI=1S/C24H26ClFO4/c1-4-21-19(15-8-10-16(25)11-9-15)12-18(14(2)3)23(30-21)17-6-5-7-20(26)24(17)29-13-22(27)28/h5-11,18-19,21,23H,2,4,12-13H2,1,3H3,(H,27,28)/t18-,19-,21+,23-/m1/s1. The summed E-state index contributed by atoms with van der Waals surface area (Å²) in [7, 11) is 0. The highest BCUT2D eigenvalue weighted by atomic mass is 35.5. The van der Waals surface area contributed by atoms with Gasteiger partial charge in [0.2, 0.25) is 0 Å². The van der Waals surface area contributed by atoms with E-state index in [4.69, 9.17) is 26.2 Å². The van der Waals surface area contributed by atoms with Crippen molar-refractivity contribution in [1.29, 1.82) is 0 Å². The summed E-state index contributed by atoms with van der Waals surface area (Å²) in [6.07, 6.45) is 0.973. The minimum atomic E-state index is -1.17. The number of benzene rings is 2. The highest BCUT2D eigenvalue weighted by molar-refractivity contribution is 6.30. The highest BCUT2D eigenvalue weighted by Crippen LogP contribution is 2.49. The molecule has 0 radical (unpaired) electrons. The third kappa shape index (κ3) is 4.85. The number of carbonyl (C=O) groups is 1. The molecule has 6 heteroatoms. The number of aliphatic carboxylic acids is 1. The van der Waals surface area contributed by atoms with Gasteiger partial charge in [-0.1, -0.05) is 54.9 Å². The average molecular weight is 433 g/mol. The van der Waals surface area contributed by atoms with Gasteiger partial charge in [0.1, 0.15) is 0 Å². The number of halogens is 2. The number of hydrogen-bond acceptors (Lipinski definition) is 3. The zero-order valence-corrected chi connectivity index (χ0v) is 17.9. The lowest BCUT2D eigenvalue weighted by molar-refractivity contribution is -0.139. The lowest BCUT2D eigenvalue weighted by Gasteiger charge is -2.43. The van der Waals surface area contributed by atoms with Gasteiger partial charge in [0, 0.05) is 22.4 Å². The van der Waals surface area contributed by atoms with Crippen LogP contribution in [-0.4, -0.2) is 23.8 Å². The van der Waals surface area contributed by atoms with Crippen LogP contribution in [0.2, 0.25) is 5.02 Å². The first-order valence-electron chi connectivity index (χ1n) is 10.0. The zero-order chi connectivity index (χ0) is 21.8. The van der Waals surface area contributed by atoms with Gasteiger partial charge in [-0.3, -0.25) is 0 Å². The molecular formula is C24H26ClFO4. The SMILES string of the molecule is C=C(C)[C@H]1C[C@H](c2ccc(Cl)cc2)[C@H](CC)O[C@@H]1c1cccc(F)c1OCC(=O)O. The van der Waals surface area contributed by atoms with E-state index in [1.54, 1.807) is 12.1 Å². The van der Waals surface area contributed by atoms with Crippen LogP contribution in [0.5, 0.6) is 5.75 Å². The quantitative estimate of drug-likeness (QED) is 0.532. The number of rotatable bonds is 7. The minimum Gasteiger partial charge on any atom is -0.479 e. The Labute approximate surface area is 181 Å². The van der Waals surface area contributed by atoms with Gasteiger partial charge in [0.05, 0.1) is 12.2 Å². The lowest BCUT2D eigenvalue weighted by Crippen LogP contribution is -2.36. The van der Waals surface area contributed by atoms with Gasteiger partial charge >= 0.3 is 5.97 Å². The number of para-hydroxylation sites is 1. The number of carboxylic acids is 1. The van der Waals surface area contributed by atoms with Crippen LogP contribution in [-0.2, 0) is 9.53 Å². The molecule has 1 fully saturated rings. The topological polar surface area (TPSA) is 55.8 Å². The highest BCUT2D eigenvalue weighted by Gasteiger charge is 2.40. The van der Waals surface area contributed by atoms with Crippen LogP contribution < -0.4 is 4.74 Å². The summed E-state index contributed by atoms with van der Waals surface area (Å²) in [6, 6.07) is 12.3. The van der Waals surface area contributed by atoms with Crippen molar-refractivity contribution in [3.63, 3.8) is 0 Å². The van der Waals surface area contributed by atoms with E-state index in [0.717, 1.165) is 24.0 Å². The summed E-state index contributed by atoms with van der Waals surface area (Å²) in [4.78, 5) is 11.0. The molecule has 2 aromatic rings. The third-order valence-corrected chi connectivity index (χ3v) is 5.87. The molecule has 1 aliphatic rings. The van der Waals surface area contributed by atoms with E-state index < -0.39 is 24.5 Å². The molecule has 0 saturated carbocycles. The molecule has 0 aromatic heterocycles. The van der Waals surface area contributed by atoms with Gasteiger partial charge in [-0.2, -0.15) is 0 Å². The molecule has 0 unspecified atom stereocenters. The fourth-order valence-electron chi connectivity index (χ4n) is 4.15. The molecule has 0 spiro atoms. The molecule has 4 atom stereocenters. The van der Waals surface area contributed by atoms with Gasteiger partial charge < -0.3 is 14.6 Å². The maximum Gasteiger partial charge on any atom is 0.341 e. The molecule has 1 heterocycles. The summed E-state index contributed by atoms with van der Waals surface area (Å²) < 4.78 is 26.3. The molecule has 2 aromatic carbocycles. The molecular weight excluding hydrogens is 407 g/mol. The molecule has 30 heavy (non-hydrogen) atoms. The maximum absolute atomic E-state index is 14.5. The van der Waals surface area contributed by atoms with Gasteiger partial charge in [-0.15, -0.1) is 0 Å². The van der Waals surface area contributed by atoms with Gasteiger partial charge in [0.25, 0.3) is 0 Å². The van der Waals surface area contributed by atoms with E-state index in [1.807, 2.05) is 31.2 Å². The van der Waals surface area contributed by atoms with Crippen molar-refractivity contribution < 1.29 is 23.8 Å². The largest absolute Gasteiger partial charge is 0.479 e. The molecule has 0 bridgehead atoms. The minimum absolute atomic E-state index is 0.0732. The predicted molar refractivity (Wildman–Crippen MR) is 115 cm³/mol. The van der Waals surface area contributed by atoms with E-state index in [-0.39, 0.29) is 23.7 Å². The van der Waals surface area contributed by atoms with Gasteiger partial charge in [-0.05, 0) is 43.5 Å². The smallest absolute Gasteiger partial charge is 0.341 e. The van der Waals surface area contributed by atoms with Crippen molar-refractivity contribution in [3.05, 3.63) is 76.6 Å². The van der Waals surface area contributed by atoms with Crippen LogP contribution in [0.1, 0.15) is 49.8 Å². The monoisotopic (exact) mass is 432 g/mol. The van der Waals surface area contributed by atoms with Crippen LogP contribution >= 0.6 is 11.6 Å². The Bertz CT molecular complexity index is 912. The Kier molecular flexibility index (Phi) is 7.16. The van der Waals surface area contributed by atoms with Gasteiger partial charge in [0.15, 0.2) is 18.2 Å². The average Bonchev–Trinajstić information content (AvgIpc) is 2.72. The molecule has 160 valence electrons. The van der Waals surface area contributed by atoms with Crippen molar-refractivity contribution in [1.82, 2.24) is 0 Å². The number of carboxylic acid groups (broad SMARTS) is 1. The van der Waals surface area contributed by atoms with Crippen LogP contribution in [0.4, 0.5) is 4.39 Å². The second kappa shape index (κ2) is 9.63. The van der Waals surface area contributed by atoms with E-state index in [1.165, 1.54) is 6.07 Å². The summed E-state index contributed by atoms with van der Waals surface area (Å²) in [6.45, 7) is 7.51. The first kappa shape index (κ1) is 22.3. The fourth-order valence-corrected chi connectivity index (χ4v) is 4.28. The molecule has 3 rings (SSSR count). The van der Waals surface area contributed by atoms with Gasteiger partial charge in [-0.25, -0.2) is 9.18 Å². The van der Waals surface area contributed by atoms with E-state index in [0.29, 0.717) is 10.6 Å². The molecule has 4 nitrogen and oxygen atoms in total. The molecule has 0 aliphatic carbocycles. The summed E-state index contributed by atoms with van der Waals surface area (Å²) in [5.74, 6) is -1.79. The normalized spacial score (nSPS) is 23.7. The molecule has 1 aliphatic heterocycles. The maximum atomic E-state index is 14.5. The first-order chi connectivity index (χ1) is 14.3. The van der Waals surface area contributed by atoms with Crippen molar-refractivity contribution >= 4 is 17.6 Å². The Morgan fingerprint density at radius 3 is 2.60 bits per heavy atom. The van der Waals surface area contributed by atoms with E-state index in [9.17, 15) is 9.18 Å². The summed E-state index contributed by atoms with van der Waals surface area (Å²) in [5, 5.41) is 9.64. The second-order valence-corrected chi connectivity index (χ2v) is 8.13. The van der Waals surface area contributed by atoms with Crippen LogP contribution in [0.25, 0.3) is 0 Å². The summed E-state index contributed by atoms with van der Waals surface area (Å²) in [5.41, 5.74) is 2.57. The van der Waals surface area contributed by atoms with Crippen molar-refractivity contribution in [3.8, 4) is 5.75 Å². The number of ether oxygens (including phenoxy) is 2. The van der Waals surface area contributed by atoms with Crippen LogP contribution in [0.3, 0.4) is 0 Å². The number of hydrogen-bond donors (Lipinski definition) is 1. The Morgan fingerprint density at radius 2 is 2.00 bits per heavy atom. The van der Waals surface area contributed by atoms with Crippen LogP contribution in [0.15, 0.2) is 54.6 Å². The first-order valence-corrected chi connectivity index (χ1v) is 10.4. The summed E-state index contributed by atoms with van der Waals surface area (Å²) >= 11 is 6.05. The predicted octanol–water partition coefficient (Wildman–Crippen LogP) is 6.16. The molecule has 0 amide bonds. The van der Waals surface area contributed by atoms with Crippen molar-refractivity contribution in [2.45, 2.75) is 44.8 Å². The third-order valence-electron chi connectivity index (χ3n) is 5.62. The Balaban J connectivity index is 1.98. The zero-order valence-electron chi connectivity index (χ0n) is 17.1. The fraction of sp³-hybridized carbons (Fsp3) is 0.375. The van der Waals surface area contributed by atoms with Crippen molar-refractivity contribution in [2.75, 3.05) is 6.61 Å².